The maximum absolute atomic E-state index is 11.8. The van der Waals surface area contributed by atoms with Crippen molar-refractivity contribution in [2.45, 2.75) is 13.5 Å². The first kappa shape index (κ1) is 15.2. The molecule has 0 fully saturated rings. The maximum atomic E-state index is 11.8. The van der Waals surface area contributed by atoms with Crippen LogP contribution in [0.4, 0.5) is 0 Å². The summed E-state index contributed by atoms with van der Waals surface area (Å²) in [5, 5.41) is 8.75. The Kier molecular flexibility index (Phi) is 4.68. The molecule has 2 heterocycles. The van der Waals surface area contributed by atoms with E-state index in [9.17, 15) is 4.79 Å². The smallest absolute Gasteiger partial charge is 0.244 e. The molecule has 0 bridgehead atoms. The highest BCUT2D eigenvalue weighted by Gasteiger charge is 2.07. The molecule has 1 amide bonds. The van der Waals surface area contributed by atoms with E-state index in [1.807, 2.05) is 54.8 Å². The molecule has 0 spiro atoms. The minimum Gasteiger partial charge on any atom is -0.356 e. The quantitative estimate of drug-likeness (QED) is 0.721. The van der Waals surface area contributed by atoms with Crippen LogP contribution in [0.25, 0.3) is 17.4 Å². The lowest BCUT2D eigenvalue weighted by Gasteiger charge is -1.97. The van der Waals surface area contributed by atoms with Gasteiger partial charge in [-0.2, -0.15) is 0 Å². The molecule has 0 aliphatic carbocycles. The number of aromatic nitrogens is 1. The van der Waals surface area contributed by atoms with E-state index in [1.54, 1.807) is 17.4 Å². The Bertz CT molecular complexity index is 802. The molecule has 23 heavy (non-hydrogen) atoms. The van der Waals surface area contributed by atoms with E-state index in [2.05, 4.69) is 10.5 Å². The van der Waals surface area contributed by atoms with Crippen LogP contribution in [0, 0.1) is 6.92 Å². The number of hydrogen-bond donors (Lipinski definition) is 1. The zero-order valence-corrected chi connectivity index (χ0v) is 13.5. The van der Waals surface area contributed by atoms with Crippen molar-refractivity contribution in [3.8, 4) is 11.3 Å². The van der Waals surface area contributed by atoms with Crippen LogP contribution in [0.15, 0.2) is 58.4 Å². The lowest BCUT2D eigenvalue weighted by molar-refractivity contribution is -0.116. The molecule has 0 unspecified atom stereocenters. The van der Waals surface area contributed by atoms with Gasteiger partial charge in [0.1, 0.15) is 5.69 Å². The number of thiophene rings is 1. The predicted molar refractivity (Wildman–Crippen MR) is 91.9 cm³/mol. The number of nitrogens with one attached hydrogen (secondary N) is 1. The standard InChI is InChI=1S/C18H16N2O2S/c1-13-4-6-14(7-5-13)17-11-15(20-22-17)12-19-18(21)9-8-16-3-2-10-23-16/h2-11H,12H2,1H3,(H,19,21)/b9-8+. The van der Waals surface area contributed by atoms with E-state index < -0.39 is 0 Å². The van der Waals surface area contributed by atoms with Gasteiger partial charge >= 0.3 is 0 Å². The second-order valence-corrected chi connectivity index (χ2v) is 6.09. The molecular formula is C18H16N2O2S. The van der Waals surface area contributed by atoms with Gasteiger partial charge in [-0.3, -0.25) is 4.79 Å². The number of carbonyl (C=O) groups excluding carboxylic acids is 1. The van der Waals surface area contributed by atoms with E-state index in [-0.39, 0.29) is 5.91 Å². The minimum absolute atomic E-state index is 0.154. The number of benzene rings is 1. The second-order valence-electron chi connectivity index (χ2n) is 5.12. The Hall–Kier alpha value is -2.66. The first-order valence-corrected chi connectivity index (χ1v) is 8.11. The molecule has 3 aromatic rings. The summed E-state index contributed by atoms with van der Waals surface area (Å²) in [6.07, 6.45) is 3.31. The monoisotopic (exact) mass is 324 g/mol. The summed E-state index contributed by atoms with van der Waals surface area (Å²) in [4.78, 5) is 12.8. The van der Waals surface area contributed by atoms with Crippen LogP contribution in [0.3, 0.4) is 0 Å². The molecule has 4 nitrogen and oxygen atoms in total. The van der Waals surface area contributed by atoms with Gasteiger partial charge in [0.05, 0.1) is 6.54 Å². The molecule has 0 saturated heterocycles. The average molecular weight is 324 g/mol. The molecule has 116 valence electrons. The lowest BCUT2D eigenvalue weighted by atomic mass is 10.1. The molecule has 0 aliphatic rings. The second kappa shape index (κ2) is 7.07. The van der Waals surface area contributed by atoms with Crippen molar-refractivity contribution in [1.29, 1.82) is 0 Å². The minimum atomic E-state index is -0.154. The van der Waals surface area contributed by atoms with Crippen molar-refractivity contribution in [2.24, 2.45) is 0 Å². The van der Waals surface area contributed by atoms with Crippen LogP contribution in [0.2, 0.25) is 0 Å². The number of aryl methyl sites for hydroxylation is 1. The summed E-state index contributed by atoms with van der Waals surface area (Å²) in [5.74, 6) is 0.543. The Balaban J connectivity index is 1.57. The average Bonchev–Trinajstić information content (AvgIpc) is 3.23. The van der Waals surface area contributed by atoms with Gasteiger partial charge in [0.15, 0.2) is 5.76 Å². The fourth-order valence-corrected chi connectivity index (χ4v) is 2.65. The zero-order chi connectivity index (χ0) is 16.1. The fraction of sp³-hybridized carbons (Fsp3) is 0.111. The van der Waals surface area contributed by atoms with Crippen molar-refractivity contribution >= 4 is 23.3 Å². The number of amides is 1. The SMILES string of the molecule is Cc1ccc(-c2cc(CNC(=O)/C=C/c3cccs3)no2)cc1. The number of carbonyl (C=O) groups is 1. The van der Waals surface area contributed by atoms with Crippen molar-refractivity contribution < 1.29 is 9.32 Å². The lowest BCUT2D eigenvalue weighted by Crippen LogP contribution is -2.20. The summed E-state index contributed by atoms with van der Waals surface area (Å²) >= 11 is 1.59. The zero-order valence-electron chi connectivity index (χ0n) is 12.7. The van der Waals surface area contributed by atoms with Crippen LogP contribution in [0.5, 0.6) is 0 Å². The van der Waals surface area contributed by atoms with E-state index in [0.717, 1.165) is 10.4 Å². The molecule has 0 saturated carbocycles. The van der Waals surface area contributed by atoms with E-state index >= 15 is 0 Å². The van der Waals surface area contributed by atoms with Gasteiger partial charge < -0.3 is 9.84 Å². The third kappa shape index (κ3) is 4.17. The molecule has 0 atom stereocenters. The molecule has 0 aliphatic heterocycles. The highest BCUT2D eigenvalue weighted by molar-refractivity contribution is 7.10. The molecule has 1 N–H and O–H groups in total. The topological polar surface area (TPSA) is 55.1 Å². The van der Waals surface area contributed by atoms with Crippen LogP contribution in [-0.4, -0.2) is 11.1 Å². The summed E-state index contributed by atoms with van der Waals surface area (Å²) < 4.78 is 5.32. The Labute approximate surface area is 138 Å². The van der Waals surface area contributed by atoms with Gasteiger partial charge in [-0.25, -0.2) is 0 Å². The Morgan fingerprint density at radius 3 is 2.87 bits per heavy atom. The van der Waals surface area contributed by atoms with Gasteiger partial charge in [-0.05, 0) is 24.4 Å². The summed E-state index contributed by atoms with van der Waals surface area (Å²) in [6, 6.07) is 13.8. The summed E-state index contributed by atoms with van der Waals surface area (Å²) in [5.41, 5.74) is 2.86. The summed E-state index contributed by atoms with van der Waals surface area (Å²) in [6.45, 7) is 2.37. The Morgan fingerprint density at radius 1 is 1.30 bits per heavy atom. The third-order valence-corrected chi connectivity index (χ3v) is 4.12. The first-order chi connectivity index (χ1) is 11.2. The van der Waals surface area contributed by atoms with Crippen LogP contribution >= 0.6 is 11.3 Å². The highest BCUT2D eigenvalue weighted by atomic mass is 32.1. The molecule has 5 heteroatoms. The van der Waals surface area contributed by atoms with E-state index in [1.165, 1.54) is 11.6 Å². The van der Waals surface area contributed by atoms with Gasteiger partial charge in [-0.1, -0.05) is 41.1 Å². The normalized spacial score (nSPS) is 11.0. The number of nitrogens with zero attached hydrogens (tertiary/aromatic N) is 1. The molecule has 2 aromatic heterocycles. The largest absolute Gasteiger partial charge is 0.356 e. The van der Waals surface area contributed by atoms with Gasteiger partial charge in [0.25, 0.3) is 0 Å². The fourth-order valence-electron chi connectivity index (χ4n) is 2.03. The maximum Gasteiger partial charge on any atom is 0.244 e. The van der Waals surface area contributed by atoms with Gasteiger partial charge in [0.2, 0.25) is 5.91 Å². The number of hydrogen-bond acceptors (Lipinski definition) is 4. The summed E-state index contributed by atoms with van der Waals surface area (Å²) in [7, 11) is 0. The molecular weight excluding hydrogens is 308 g/mol. The van der Waals surface area contributed by atoms with Crippen LogP contribution in [0.1, 0.15) is 16.1 Å². The molecule has 3 rings (SSSR count). The van der Waals surface area contributed by atoms with Gasteiger partial charge in [0, 0.05) is 22.6 Å². The van der Waals surface area contributed by atoms with Crippen LogP contribution < -0.4 is 5.32 Å². The third-order valence-electron chi connectivity index (χ3n) is 3.28. The first-order valence-electron chi connectivity index (χ1n) is 7.23. The van der Waals surface area contributed by atoms with Crippen molar-refractivity contribution in [3.05, 3.63) is 70.1 Å². The van der Waals surface area contributed by atoms with Crippen molar-refractivity contribution in [2.75, 3.05) is 0 Å². The number of rotatable bonds is 5. The van der Waals surface area contributed by atoms with E-state index in [4.69, 9.17) is 4.52 Å². The highest BCUT2D eigenvalue weighted by Crippen LogP contribution is 2.20. The van der Waals surface area contributed by atoms with Crippen LogP contribution in [-0.2, 0) is 11.3 Å². The predicted octanol–water partition coefficient (Wildman–Crippen LogP) is 4.04. The molecule has 0 radical (unpaired) electrons. The van der Waals surface area contributed by atoms with Gasteiger partial charge in [-0.15, -0.1) is 11.3 Å². The van der Waals surface area contributed by atoms with Crippen molar-refractivity contribution in [1.82, 2.24) is 10.5 Å². The molecule has 1 aromatic carbocycles. The van der Waals surface area contributed by atoms with E-state index in [0.29, 0.717) is 18.0 Å². The Morgan fingerprint density at radius 2 is 2.13 bits per heavy atom. The van der Waals surface area contributed by atoms with Crippen molar-refractivity contribution in [3.63, 3.8) is 0 Å².